The number of ketones is 1. The van der Waals surface area contributed by atoms with Gasteiger partial charge in [0, 0.05) is 13.0 Å². The average Bonchev–Trinajstić information content (AvgIpc) is 3.32. The largest absolute Gasteiger partial charge is 0.456 e. The number of carbonyl (C=O) groups is 2. The van der Waals surface area contributed by atoms with E-state index in [0.29, 0.717) is 35.0 Å². The Morgan fingerprint density at radius 1 is 0.930 bits per heavy atom. The van der Waals surface area contributed by atoms with Gasteiger partial charge in [-0.05, 0) is 116 Å². The molecule has 240 valence electrons. The second-order valence-electron chi connectivity index (χ2n) is 16.2. The highest BCUT2D eigenvalue weighted by atomic mass is 28.4. The van der Waals surface area contributed by atoms with Gasteiger partial charge in [-0.25, -0.2) is 4.79 Å². The number of esters is 1. The molecule has 0 radical (unpaired) electrons. The zero-order chi connectivity index (χ0) is 31.2. The molecule has 1 aromatic rings. The van der Waals surface area contributed by atoms with Crippen LogP contribution in [0.5, 0.6) is 0 Å². The van der Waals surface area contributed by atoms with Crippen LogP contribution in [0.4, 0.5) is 0 Å². The summed E-state index contributed by atoms with van der Waals surface area (Å²) < 4.78 is 24.1. The monoisotopic (exact) mass is 612 g/mol. The maximum atomic E-state index is 13.7. The average molecular weight is 613 g/mol. The van der Waals surface area contributed by atoms with E-state index in [1.54, 1.807) is 7.11 Å². The van der Waals surface area contributed by atoms with Crippen LogP contribution in [0, 0.1) is 40.4 Å². The highest BCUT2D eigenvalue weighted by molar-refractivity contribution is 6.74. The van der Waals surface area contributed by atoms with E-state index in [1.165, 1.54) is 12.8 Å². The second-order valence-corrected chi connectivity index (χ2v) is 21.0. The Bertz CT molecular complexity index is 1150. The van der Waals surface area contributed by atoms with Crippen molar-refractivity contribution >= 4 is 20.1 Å². The summed E-state index contributed by atoms with van der Waals surface area (Å²) >= 11 is 0. The Balaban J connectivity index is 1.31. The van der Waals surface area contributed by atoms with Gasteiger partial charge in [0.2, 0.25) is 0 Å². The molecular formula is C36H56O6Si. The van der Waals surface area contributed by atoms with Gasteiger partial charge in [-0.1, -0.05) is 52.8 Å². The van der Waals surface area contributed by atoms with Crippen molar-refractivity contribution in [3.63, 3.8) is 0 Å². The predicted octanol–water partition coefficient (Wildman–Crippen LogP) is 8.06. The third kappa shape index (κ3) is 6.17. The fourth-order valence-electron chi connectivity index (χ4n) is 9.56. The van der Waals surface area contributed by atoms with E-state index in [1.807, 2.05) is 30.3 Å². The minimum atomic E-state index is -1.97. The first-order valence-electron chi connectivity index (χ1n) is 16.7. The minimum Gasteiger partial charge on any atom is -0.456 e. The molecule has 0 heterocycles. The van der Waals surface area contributed by atoms with Crippen LogP contribution in [0.15, 0.2) is 30.3 Å². The number of hydrogen-bond acceptors (Lipinski definition) is 6. The van der Waals surface area contributed by atoms with E-state index in [-0.39, 0.29) is 53.4 Å². The summed E-state index contributed by atoms with van der Waals surface area (Å²) in [6.07, 6.45) is 8.00. The normalized spacial score (nSPS) is 37.6. The number of rotatable bonds is 9. The molecule has 4 aliphatic carbocycles. The van der Waals surface area contributed by atoms with Crippen LogP contribution in [0.1, 0.15) is 96.3 Å². The van der Waals surface area contributed by atoms with Crippen molar-refractivity contribution in [3.05, 3.63) is 35.9 Å². The van der Waals surface area contributed by atoms with E-state index in [2.05, 4.69) is 47.7 Å². The highest BCUT2D eigenvalue weighted by Crippen LogP contribution is 2.67. The van der Waals surface area contributed by atoms with Crippen molar-refractivity contribution in [2.75, 3.05) is 20.5 Å². The molecule has 7 heteroatoms. The first-order valence-corrected chi connectivity index (χ1v) is 19.7. The third-order valence-corrected chi connectivity index (χ3v) is 17.6. The molecule has 43 heavy (non-hydrogen) atoms. The maximum absolute atomic E-state index is 13.7. The predicted molar refractivity (Wildman–Crippen MR) is 171 cm³/mol. The molecule has 0 spiro atoms. The Kier molecular flexibility index (Phi) is 9.42. The number of benzene rings is 1. The van der Waals surface area contributed by atoms with Gasteiger partial charge in [0.15, 0.2) is 14.1 Å². The molecule has 6 nitrogen and oxygen atoms in total. The molecule has 9 atom stereocenters. The van der Waals surface area contributed by atoms with Gasteiger partial charge >= 0.3 is 5.97 Å². The SMILES string of the molecule is COCOC1CC2CCC3C(CCC4(C)C(C(=O)CO[Si](C)(C)C(C)(C)C)CCC34)C2(C)CC1OC(=O)c1ccccc1. The fourth-order valence-corrected chi connectivity index (χ4v) is 10.5. The number of Topliss-reactive ketones (excluding diaryl/α,β-unsaturated/α-hetero) is 1. The van der Waals surface area contributed by atoms with E-state index >= 15 is 0 Å². The number of hydrogen-bond donors (Lipinski definition) is 0. The molecule has 0 aromatic heterocycles. The van der Waals surface area contributed by atoms with Crippen LogP contribution in [0.25, 0.3) is 0 Å². The summed E-state index contributed by atoms with van der Waals surface area (Å²) in [5, 5.41) is 0.0996. The lowest BCUT2D eigenvalue weighted by molar-refractivity contribution is -0.190. The van der Waals surface area contributed by atoms with Crippen LogP contribution >= 0.6 is 0 Å². The smallest absolute Gasteiger partial charge is 0.338 e. The summed E-state index contributed by atoms with van der Waals surface area (Å²) in [5.41, 5.74) is 0.706. The van der Waals surface area contributed by atoms with Crippen LogP contribution in [-0.2, 0) is 23.4 Å². The zero-order valence-corrected chi connectivity index (χ0v) is 28.9. The third-order valence-electron chi connectivity index (χ3n) is 13.1. The van der Waals surface area contributed by atoms with Crippen molar-refractivity contribution in [2.45, 2.75) is 116 Å². The first-order chi connectivity index (χ1) is 20.2. The van der Waals surface area contributed by atoms with Crippen LogP contribution < -0.4 is 0 Å². The summed E-state index contributed by atoms with van der Waals surface area (Å²) in [6.45, 7) is 16.6. The molecule has 0 saturated heterocycles. The van der Waals surface area contributed by atoms with Crippen LogP contribution in [0.3, 0.4) is 0 Å². The zero-order valence-electron chi connectivity index (χ0n) is 27.9. The molecule has 4 saturated carbocycles. The van der Waals surface area contributed by atoms with Crippen molar-refractivity contribution in [3.8, 4) is 0 Å². The van der Waals surface area contributed by atoms with Crippen molar-refractivity contribution < 1.29 is 28.2 Å². The van der Waals surface area contributed by atoms with E-state index < -0.39 is 8.32 Å². The number of fused-ring (bicyclic) bond motifs is 5. The number of methoxy groups -OCH3 is 1. The Morgan fingerprint density at radius 3 is 2.30 bits per heavy atom. The summed E-state index contributed by atoms with van der Waals surface area (Å²) in [4.78, 5) is 26.9. The lowest BCUT2D eigenvalue weighted by Gasteiger charge is -2.61. The van der Waals surface area contributed by atoms with Gasteiger partial charge in [0.05, 0.1) is 18.3 Å². The van der Waals surface area contributed by atoms with Crippen LogP contribution in [-0.4, -0.2) is 52.8 Å². The standard InChI is InChI=1S/C36H56O6Si/c1-34(2,3)43(7,8)41-22-30(37)29-17-16-27-26-15-14-25-20-31(40-23-39-6)32(42-33(38)24-12-10-9-11-13-24)21-36(25,5)28(26)18-19-35(27,29)4/h9-13,25-29,31-32H,14-23H2,1-8H3. The quantitative estimate of drug-likeness (QED) is 0.160. The van der Waals surface area contributed by atoms with Gasteiger partial charge in [-0.2, -0.15) is 0 Å². The molecule has 0 bridgehead atoms. The fraction of sp³-hybridized carbons (Fsp3) is 0.778. The molecule has 0 N–H and O–H groups in total. The lowest BCUT2D eigenvalue weighted by atomic mass is 9.44. The Labute approximate surface area is 261 Å². The first kappa shape index (κ1) is 32.8. The van der Waals surface area contributed by atoms with Gasteiger partial charge in [-0.3, -0.25) is 4.79 Å². The number of ether oxygens (including phenoxy) is 3. The lowest BCUT2D eigenvalue weighted by Crippen LogP contribution is -2.58. The van der Waals surface area contributed by atoms with Gasteiger partial charge in [0.1, 0.15) is 12.9 Å². The topological polar surface area (TPSA) is 71.1 Å². The van der Waals surface area contributed by atoms with Crippen LogP contribution in [0.2, 0.25) is 18.1 Å². The molecule has 9 unspecified atom stereocenters. The summed E-state index contributed by atoms with van der Waals surface area (Å²) in [7, 11) is -0.333. The van der Waals surface area contributed by atoms with Gasteiger partial charge < -0.3 is 18.6 Å². The van der Waals surface area contributed by atoms with E-state index in [0.717, 1.165) is 38.5 Å². The van der Waals surface area contributed by atoms with Crippen molar-refractivity contribution in [1.82, 2.24) is 0 Å². The van der Waals surface area contributed by atoms with E-state index in [9.17, 15) is 9.59 Å². The Hall–Kier alpha value is -1.54. The van der Waals surface area contributed by atoms with Gasteiger partial charge in [0.25, 0.3) is 0 Å². The second kappa shape index (κ2) is 12.3. The molecular weight excluding hydrogens is 556 g/mol. The Morgan fingerprint density at radius 2 is 1.63 bits per heavy atom. The molecule has 1 aromatic carbocycles. The van der Waals surface area contributed by atoms with Gasteiger partial charge in [-0.15, -0.1) is 0 Å². The molecule has 4 aliphatic rings. The van der Waals surface area contributed by atoms with Crippen molar-refractivity contribution in [2.24, 2.45) is 40.4 Å². The summed E-state index contributed by atoms with van der Waals surface area (Å²) in [6, 6.07) is 9.28. The number of carbonyl (C=O) groups excluding carboxylic acids is 2. The van der Waals surface area contributed by atoms with E-state index in [4.69, 9.17) is 18.6 Å². The summed E-state index contributed by atoms with van der Waals surface area (Å²) in [5.74, 6) is 2.44. The molecule has 4 fully saturated rings. The minimum absolute atomic E-state index is 0.0518. The highest BCUT2D eigenvalue weighted by Gasteiger charge is 2.62. The molecule has 0 aliphatic heterocycles. The van der Waals surface area contributed by atoms with Crippen molar-refractivity contribution in [1.29, 1.82) is 0 Å². The molecule has 5 rings (SSSR count). The molecule has 0 amide bonds. The maximum Gasteiger partial charge on any atom is 0.338 e.